The third kappa shape index (κ3) is 2.84. The summed E-state index contributed by atoms with van der Waals surface area (Å²) in [6.45, 7) is 6.16. The summed E-state index contributed by atoms with van der Waals surface area (Å²) in [6, 6.07) is 5.97. The molecular formula is C15H21N3O. The predicted octanol–water partition coefficient (Wildman–Crippen LogP) is 2.84. The quantitative estimate of drug-likeness (QED) is 0.898. The van der Waals surface area contributed by atoms with Crippen molar-refractivity contribution in [3.63, 3.8) is 0 Å². The molecule has 1 atom stereocenters. The lowest BCUT2D eigenvalue weighted by molar-refractivity contribution is 0.169. The van der Waals surface area contributed by atoms with Crippen LogP contribution in [0.15, 0.2) is 24.4 Å². The van der Waals surface area contributed by atoms with Gasteiger partial charge in [-0.15, -0.1) is 0 Å². The molecule has 2 heterocycles. The van der Waals surface area contributed by atoms with E-state index in [1.54, 1.807) is 6.20 Å². The minimum Gasteiger partial charge on any atom is -0.387 e. The Kier molecular flexibility index (Phi) is 4.32. The van der Waals surface area contributed by atoms with Crippen molar-refractivity contribution in [2.24, 2.45) is 0 Å². The Labute approximate surface area is 114 Å². The number of nitrogens with zero attached hydrogens (tertiary/aromatic N) is 3. The average Bonchev–Trinajstić information content (AvgIpc) is 2.90. The molecule has 2 rings (SSSR count). The predicted molar refractivity (Wildman–Crippen MR) is 75.4 cm³/mol. The number of aromatic nitrogens is 3. The summed E-state index contributed by atoms with van der Waals surface area (Å²) in [5.74, 6) is 0. The summed E-state index contributed by atoms with van der Waals surface area (Å²) in [5, 5.41) is 14.3. The standard InChI is InChI=1S/C15H21N3O/c1-4-11-9-12(5-2)18(17-11)13-7-8-14(16-10-13)15(19)6-3/h7-10,15,19H,4-6H2,1-3H3. The smallest absolute Gasteiger partial charge is 0.0957 e. The van der Waals surface area contributed by atoms with Gasteiger partial charge in [-0.25, -0.2) is 4.68 Å². The fourth-order valence-electron chi connectivity index (χ4n) is 2.05. The first-order valence-corrected chi connectivity index (χ1v) is 6.91. The Hall–Kier alpha value is -1.68. The van der Waals surface area contributed by atoms with Gasteiger partial charge in [0.1, 0.15) is 0 Å². The third-order valence-corrected chi connectivity index (χ3v) is 3.30. The molecule has 0 aliphatic carbocycles. The molecule has 0 radical (unpaired) electrons. The van der Waals surface area contributed by atoms with Gasteiger partial charge in [0.15, 0.2) is 0 Å². The van der Waals surface area contributed by atoms with Crippen LogP contribution >= 0.6 is 0 Å². The summed E-state index contributed by atoms with van der Waals surface area (Å²) in [6.07, 6.45) is 3.84. The second kappa shape index (κ2) is 5.97. The van der Waals surface area contributed by atoms with Crippen molar-refractivity contribution in [1.29, 1.82) is 0 Å². The fourth-order valence-corrected chi connectivity index (χ4v) is 2.05. The van der Waals surface area contributed by atoms with E-state index < -0.39 is 6.10 Å². The van der Waals surface area contributed by atoms with Gasteiger partial charge in [0.05, 0.1) is 29.4 Å². The van der Waals surface area contributed by atoms with Gasteiger partial charge in [-0.3, -0.25) is 4.98 Å². The molecule has 0 saturated carbocycles. The zero-order valence-corrected chi connectivity index (χ0v) is 11.8. The molecule has 0 saturated heterocycles. The maximum absolute atomic E-state index is 9.75. The number of hydrogen-bond acceptors (Lipinski definition) is 3. The monoisotopic (exact) mass is 259 g/mol. The van der Waals surface area contributed by atoms with Gasteiger partial charge in [0, 0.05) is 5.69 Å². The highest BCUT2D eigenvalue weighted by Crippen LogP contribution is 2.17. The van der Waals surface area contributed by atoms with Gasteiger partial charge < -0.3 is 5.11 Å². The van der Waals surface area contributed by atoms with Crippen LogP contribution in [0.4, 0.5) is 0 Å². The molecule has 0 bridgehead atoms. The first-order chi connectivity index (χ1) is 9.19. The van der Waals surface area contributed by atoms with E-state index in [1.807, 2.05) is 23.7 Å². The second-order valence-corrected chi connectivity index (χ2v) is 4.61. The highest BCUT2D eigenvalue weighted by atomic mass is 16.3. The molecule has 4 nitrogen and oxygen atoms in total. The molecule has 0 aliphatic rings. The van der Waals surface area contributed by atoms with Gasteiger partial charge in [-0.05, 0) is 37.5 Å². The number of aliphatic hydroxyl groups is 1. The molecule has 0 aromatic carbocycles. The lowest BCUT2D eigenvalue weighted by Crippen LogP contribution is -2.04. The molecule has 0 spiro atoms. The fraction of sp³-hybridized carbons (Fsp3) is 0.467. The van der Waals surface area contributed by atoms with Crippen molar-refractivity contribution >= 4 is 0 Å². The summed E-state index contributed by atoms with van der Waals surface area (Å²) < 4.78 is 1.94. The van der Waals surface area contributed by atoms with E-state index in [1.165, 1.54) is 5.69 Å². The lowest BCUT2D eigenvalue weighted by Gasteiger charge is -2.09. The van der Waals surface area contributed by atoms with Crippen LogP contribution < -0.4 is 0 Å². The van der Waals surface area contributed by atoms with Crippen molar-refractivity contribution < 1.29 is 5.11 Å². The summed E-state index contributed by atoms with van der Waals surface area (Å²) in [4.78, 5) is 4.33. The second-order valence-electron chi connectivity index (χ2n) is 4.61. The Morgan fingerprint density at radius 1 is 1.21 bits per heavy atom. The number of aliphatic hydroxyl groups excluding tert-OH is 1. The van der Waals surface area contributed by atoms with Gasteiger partial charge in [0.2, 0.25) is 0 Å². The highest BCUT2D eigenvalue weighted by molar-refractivity contribution is 5.32. The highest BCUT2D eigenvalue weighted by Gasteiger charge is 2.10. The molecule has 102 valence electrons. The largest absolute Gasteiger partial charge is 0.387 e. The molecule has 0 fully saturated rings. The van der Waals surface area contributed by atoms with Crippen LogP contribution in [-0.2, 0) is 12.8 Å². The van der Waals surface area contributed by atoms with Crippen molar-refractivity contribution in [3.05, 3.63) is 41.5 Å². The minimum atomic E-state index is -0.483. The average molecular weight is 259 g/mol. The van der Waals surface area contributed by atoms with Crippen molar-refractivity contribution in [2.75, 3.05) is 0 Å². The zero-order chi connectivity index (χ0) is 13.8. The van der Waals surface area contributed by atoms with Crippen LogP contribution in [0, 0.1) is 0 Å². The molecule has 19 heavy (non-hydrogen) atoms. The first-order valence-electron chi connectivity index (χ1n) is 6.91. The van der Waals surface area contributed by atoms with Gasteiger partial charge in [-0.1, -0.05) is 20.8 Å². The first kappa shape index (κ1) is 13.7. The molecule has 4 heteroatoms. The van der Waals surface area contributed by atoms with E-state index in [9.17, 15) is 5.11 Å². The van der Waals surface area contributed by atoms with Crippen molar-refractivity contribution in [2.45, 2.75) is 46.1 Å². The topological polar surface area (TPSA) is 50.9 Å². The van der Waals surface area contributed by atoms with Gasteiger partial charge >= 0.3 is 0 Å². The van der Waals surface area contributed by atoms with Crippen LogP contribution in [-0.4, -0.2) is 19.9 Å². The van der Waals surface area contributed by atoms with E-state index in [-0.39, 0.29) is 0 Å². The Morgan fingerprint density at radius 2 is 2.00 bits per heavy atom. The Morgan fingerprint density at radius 3 is 2.53 bits per heavy atom. The number of hydrogen-bond donors (Lipinski definition) is 1. The van der Waals surface area contributed by atoms with E-state index in [0.29, 0.717) is 12.1 Å². The SMILES string of the molecule is CCc1cc(CC)n(-c2ccc(C(O)CC)nc2)n1. The van der Waals surface area contributed by atoms with Crippen molar-refractivity contribution in [1.82, 2.24) is 14.8 Å². The summed E-state index contributed by atoms with van der Waals surface area (Å²) in [5.41, 5.74) is 3.94. The third-order valence-electron chi connectivity index (χ3n) is 3.30. The van der Waals surface area contributed by atoms with Crippen LogP contribution in [0.5, 0.6) is 0 Å². The molecule has 0 amide bonds. The minimum absolute atomic E-state index is 0.483. The zero-order valence-electron chi connectivity index (χ0n) is 11.8. The normalized spacial score (nSPS) is 12.6. The molecule has 0 aliphatic heterocycles. The van der Waals surface area contributed by atoms with E-state index >= 15 is 0 Å². The molecular weight excluding hydrogens is 238 g/mol. The maximum Gasteiger partial charge on any atom is 0.0957 e. The number of pyridine rings is 1. The molecule has 1 unspecified atom stereocenters. The van der Waals surface area contributed by atoms with Gasteiger partial charge in [-0.2, -0.15) is 5.10 Å². The Balaban J connectivity index is 2.34. The van der Waals surface area contributed by atoms with E-state index in [2.05, 4.69) is 30.0 Å². The summed E-state index contributed by atoms with van der Waals surface area (Å²) in [7, 11) is 0. The van der Waals surface area contributed by atoms with Crippen LogP contribution in [0.3, 0.4) is 0 Å². The summed E-state index contributed by atoms with van der Waals surface area (Å²) >= 11 is 0. The van der Waals surface area contributed by atoms with E-state index in [0.717, 1.165) is 24.2 Å². The molecule has 2 aromatic heterocycles. The van der Waals surface area contributed by atoms with Crippen LogP contribution in [0.1, 0.15) is 50.4 Å². The Bertz CT molecular complexity index is 531. The van der Waals surface area contributed by atoms with Gasteiger partial charge in [0.25, 0.3) is 0 Å². The molecule has 2 aromatic rings. The number of rotatable bonds is 5. The maximum atomic E-state index is 9.75. The number of aryl methyl sites for hydroxylation is 2. The lowest BCUT2D eigenvalue weighted by atomic mass is 10.2. The van der Waals surface area contributed by atoms with Crippen LogP contribution in [0.25, 0.3) is 5.69 Å². The van der Waals surface area contributed by atoms with E-state index in [4.69, 9.17) is 0 Å². The van der Waals surface area contributed by atoms with Crippen LogP contribution in [0.2, 0.25) is 0 Å². The van der Waals surface area contributed by atoms with Crippen molar-refractivity contribution in [3.8, 4) is 5.69 Å². The molecule has 1 N–H and O–H groups in total.